The van der Waals surface area contributed by atoms with E-state index in [1.807, 2.05) is 0 Å². The lowest BCUT2D eigenvalue weighted by Gasteiger charge is -2.20. The first-order valence-corrected chi connectivity index (χ1v) is 10.5. The van der Waals surface area contributed by atoms with Crippen LogP contribution in [0.1, 0.15) is 44.3 Å². The van der Waals surface area contributed by atoms with E-state index in [4.69, 9.17) is 17.4 Å². The molecule has 0 unspecified atom stereocenters. The van der Waals surface area contributed by atoms with Crippen LogP contribution in [0.5, 0.6) is 0 Å². The number of nitrogen functional groups attached to an aromatic ring is 1. The van der Waals surface area contributed by atoms with Crippen molar-refractivity contribution in [3.8, 4) is 0 Å². The minimum absolute atomic E-state index is 0.103. The molecule has 146 valence electrons. The fourth-order valence-corrected chi connectivity index (χ4v) is 4.18. The van der Waals surface area contributed by atoms with Gasteiger partial charge in [0.05, 0.1) is 16.5 Å². The molecule has 0 bridgehead atoms. The van der Waals surface area contributed by atoms with Gasteiger partial charge in [0.1, 0.15) is 5.82 Å². The van der Waals surface area contributed by atoms with Crippen LogP contribution in [0.25, 0.3) is 0 Å². The normalized spacial score (nSPS) is 15.0. The molecule has 1 heterocycles. The van der Waals surface area contributed by atoms with Crippen molar-refractivity contribution < 1.29 is 9.18 Å². The predicted octanol–water partition coefficient (Wildman–Crippen LogP) is 4.03. The van der Waals surface area contributed by atoms with Gasteiger partial charge in [-0.05, 0) is 30.5 Å². The van der Waals surface area contributed by atoms with Crippen LogP contribution in [0.4, 0.5) is 10.1 Å². The molecule has 0 spiro atoms. The molecule has 0 atom stereocenters. The summed E-state index contributed by atoms with van der Waals surface area (Å²) < 4.78 is 14.5. The number of aromatic nitrogens is 3. The summed E-state index contributed by atoms with van der Waals surface area (Å²) in [6.07, 6.45) is 8.41. The fourth-order valence-electron chi connectivity index (χ4n) is 3.29. The molecule has 9 heteroatoms. The van der Waals surface area contributed by atoms with Gasteiger partial charge in [0.15, 0.2) is 5.82 Å². The Morgan fingerprint density at radius 2 is 2.11 bits per heavy atom. The largest absolute Gasteiger partial charge is 0.336 e. The summed E-state index contributed by atoms with van der Waals surface area (Å²) in [7, 11) is 0. The molecule has 0 aliphatic heterocycles. The van der Waals surface area contributed by atoms with Crippen molar-refractivity contribution in [1.82, 2.24) is 14.9 Å². The molecule has 6 nitrogen and oxygen atoms in total. The number of nitrogens with zero attached hydrogens (tertiary/aromatic N) is 3. The van der Waals surface area contributed by atoms with E-state index in [1.165, 1.54) is 60.7 Å². The number of hydrogen-bond acceptors (Lipinski definition) is 5. The van der Waals surface area contributed by atoms with Gasteiger partial charge in [0.25, 0.3) is 0 Å². The van der Waals surface area contributed by atoms with Gasteiger partial charge >= 0.3 is 0 Å². The Balaban J connectivity index is 1.49. The van der Waals surface area contributed by atoms with Gasteiger partial charge in [-0.1, -0.05) is 55.5 Å². The molecule has 0 saturated heterocycles. The molecule has 1 aliphatic carbocycles. The van der Waals surface area contributed by atoms with Crippen molar-refractivity contribution in [2.45, 2.75) is 50.1 Å². The average Bonchev–Trinajstić information content (AvgIpc) is 3.01. The summed E-state index contributed by atoms with van der Waals surface area (Å²) in [4.78, 5) is 12.1. The Hall–Kier alpha value is -1.80. The summed E-state index contributed by atoms with van der Waals surface area (Å²) >= 11 is 7.11. The smallest absolute Gasteiger partial charge is 0.234 e. The molecular weight excluding hydrogens is 389 g/mol. The molecule has 1 aliphatic rings. The molecule has 1 saturated carbocycles. The fraction of sp³-hybridized carbons (Fsp3) is 0.500. The Bertz CT molecular complexity index is 794. The van der Waals surface area contributed by atoms with Crippen LogP contribution in [-0.4, -0.2) is 26.5 Å². The zero-order valence-corrected chi connectivity index (χ0v) is 16.5. The Morgan fingerprint density at radius 1 is 1.33 bits per heavy atom. The lowest BCUT2D eigenvalue weighted by Crippen LogP contribution is -2.18. The van der Waals surface area contributed by atoms with Crippen LogP contribution in [0, 0.1) is 11.7 Å². The molecule has 3 N–H and O–H groups in total. The van der Waals surface area contributed by atoms with E-state index in [9.17, 15) is 9.18 Å². The Kier molecular flexibility index (Phi) is 6.95. The molecular formula is C18H23ClFN5OS. The van der Waals surface area contributed by atoms with Crippen molar-refractivity contribution in [1.29, 1.82) is 0 Å². The summed E-state index contributed by atoms with van der Waals surface area (Å²) in [5, 5.41) is 11.5. The second-order valence-electron chi connectivity index (χ2n) is 6.77. The number of amides is 1. The maximum absolute atomic E-state index is 13.0. The standard InChI is InChI=1S/C18H23ClFN5OS/c19-14-10-13(20)7-8-15(14)22-17(26)11-27-18-24-23-16(25(18)21)9-6-12-4-2-1-3-5-12/h7-8,10,12H,1-6,9,11,21H2,(H,22,26). The van der Waals surface area contributed by atoms with Crippen molar-refractivity contribution >= 4 is 35.0 Å². The molecule has 2 aromatic rings. The number of halogens is 2. The monoisotopic (exact) mass is 411 g/mol. The number of thioether (sulfide) groups is 1. The van der Waals surface area contributed by atoms with Gasteiger partial charge < -0.3 is 11.2 Å². The van der Waals surface area contributed by atoms with Gasteiger partial charge in [-0.15, -0.1) is 10.2 Å². The van der Waals surface area contributed by atoms with Crippen molar-refractivity contribution in [3.63, 3.8) is 0 Å². The average molecular weight is 412 g/mol. The highest BCUT2D eigenvalue weighted by Crippen LogP contribution is 2.27. The van der Waals surface area contributed by atoms with E-state index in [-0.39, 0.29) is 16.7 Å². The van der Waals surface area contributed by atoms with E-state index >= 15 is 0 Å². The van der Waals surface area contributed by atoms with Gasteiger partial charge in [-0.2, -0.15) is 0 Å². The number of aryl methyl sites for hydroxylation is 1. The minimum Gasteiger partial charge on any atom is -0.336 e. The second-order valence-corrected chi connectivity index (χ2v) is 8.12. The Labute approximate surface area is 167 Å². The Morgan fingerprint density at radius 3 is 2.85 bits per heavy atom. The molecule has 3 rings (SSSR count). The van der Waals surface area contributed by atoms with Crippen LogP contribution in [0.3, 0.4) is 0 Å². The second kappa shape index (κ2) is 9.41. The molecule has 1 aromatic heterocycles. The van der Waals surface area contributed by atoms with Crippen molar-refractivity contribution in [2.24, 2.45) is 5.92 Å². The highest BCUT2D eigenvalue weighted by molar-refractivity contribution is 7.99. The van der Waals surface area contributed by atoms with E-state index in [0.29, 0.717) is 10.8 Å². The third-order valence-electron chi connectivity index (χ3n) is 4.77. The summed E-state index contributed by atoms with van der Waals surface area (Å²) in [6, 6.07) is 3.82. The van der Waals surface area contributed by atoms with Crippen LogP contribution in [-0.2, 0) is 11.2 Å². The van der Waals surface area contributed by atoms with Gasteiger partial charge in [0, 0.05) is 6.42 Å². The zero-order valence-electron chi connectivity index (χ0n) is 15.0. The van der Waals surface area contributed by atoms with Gasteiger partial charge in [-0.25, -0.2) is 9.07 Å². The molecule has 1 amide bonds. The number of nitrogens with two attached hydrogens (primary N) is 1. The number of hydrogen-bond donors (Lipinski definition) is 2. The van der Waals surface area contributed by atoms with Crippen molar-refractivity contribution in [3.05, 3.63) is 34.9 Å². The van der Waals surface area contributed by atoms with Crippen LogP contribution in [0.15, 0.2) is 23.4 Å². The number of nitrogens with one attached hydrogen (secondary N) is 1. The zero-order chi connectivity index (χ0) is 19.2. The third-order valence-corrected chi connectivity index (χ3v) is 6.03. The van der Waals surface area contributed by atoms with Crippen molar-refractivity contribution in [2.75, 3.05) is 16.9 Å². The number of anilines is 1. The minimum atomic E-state index is -0.454. The number of rotatable bonds is 7. The summed E-state index contributed by atoms with van der Waals surface area (Å²) in [5.74, 6) is 6.93. The maximum Gasteiger partial charge on any atom is 0.234 e. The topological polar surface area (TPSA) is 85.8 Å². The molecule has 1 aromatic carbocycles. The van der Waals surface area contributed by atoms with Crippen LogP contribution >= 0.6 is 23.4 Å². The number of benzene rings is 1. The lowest BCUT2D eigenvalue weighted by molar-refractivity contribution is -0.113. The molecule has 1 fully saturated rings. The lowest BCUT2D eigenvalue weighted by atomic mass is 9.86. The van der Waals surface area contributed by atoms with Gasteiger partial charge in [0.2, 0.25) is 11.1 Å². The van der Waals surface area contributed by atoms with Gasteiger partial charge in [-0.3, -0.25) is 4.79 Å². The summed E-state index contributed by atoms with van der Waals surface area (Å²) in [5.41, 5.74) is 0.367. The SMILES string of the molecule is Nn1c(CCC2CCCCC2)nnc1SCC(=O)Nc1ccc(F)cc1Cl. The first kappa shape index (κ1) is 19.9. The first-order valence-electron chi connectivity index (χ1n) is 9.10. The van der Waals surface area contributed by atoms with E-state index in [2.05, 4.69) is 15.5 Å². The molecule has 0 radical (unpaired) electrons. The van der Waals surface area contributed by atoms with E-state index in [0.717, 1.165) is 30.7 Å². The highest BCUT2D eigenvalue weighted by atomic mass is 35.5. The predicted molar refractivity (Wildman–Crippen MR) is 106 cm³/mol. The van der Waals surface area contributed by atoms with E-state index in [1.54, 1.807) is 0 Å². The molecule has 27 heavy (non-hydrogen) atoms. The number of carbonyl (C=O) groups is 1. The van der Waals surface area contributed by atoms with Crippen LogP contribution in [0.2, 0.25) is 5.02 Å². The third kappa shape index (κ3) is 5.59. The first-order chi connectivity index (χ1) is 13.0. The quantitative estimate of drug-likeness (QED) is 0.530. The number of carbonyl (C=O) groups excluding carboxylic acids is 1. The van der Waals surface area contributed by atoms with E-state index < -0.39 is 5.82 Å². The highest BCUT2D eigenvalue weighted by Gasteiger charge is 2.17. The van der Waals surface area contributed by atoms with Crippen LogP contribution < -0.4 is 11.2 Å². The maximum atomic E-state index is 13.0. The summed E-state index contributed by atoms with van der Waals surface area (Å²) in [6.45, 7) is 0.